The van der Waals surface area contributed by atoms with Crippen molar-refractivity contribution in [3.63, 3.8) is 0 Å². The molecule has 0 amide bonds. The molecule has 6 heteroatoms. The van der Waals surface area contributed by atoms with Crippen molar-refractivity contribution in [2.75, 3.05) is 13.2 Å². The Hall–Kier alpha value is -0.430. The number of ether oxygens (including phenoxy) is 1. The maximum atomic E-state index is 12.8. The molecule has 0 spiro atoms. The Balaban J connectivity index is 2.31. The topological polar surface area (TPSA) is 46.6 Å². The van der Waals surface area contributed by atoms with Crippen LogP contribution in [0.5, 0.6) is 0 Å². The summed E-state index contributed by atoms with van der Waals surface area (Å²) in [4.78, 5) is 0.356. The van der Waals surface area contributed by atoms with Gasteiger partial charge in [0.15, 0.2) is 0 Å². The second-order valence-electron chi connectivity index (χ2n) is 5.06. The highest BCUT2D eigenvalue weighted by Crippen LogP contribution is 2.24. The largest absolute Gasteiger partial charge is 0.375 e. The van der Waals surface area contributed by atoms with Crippen LogP contribution in [0.3, 0.4) is 0 Å². The highest BCUT2D eigenvalue weighted by Gasteiger charge is 2.35. The Bertz CT molecular complexity index is 544. The molecule has 20 heavy (non-hydrogen) atoms. The lowest BCUT2D eigenvalue weighted by Gasteiger charge is -2.37. The maximum Gasteiger partial charge on any atom is 0.243 e. The second-order valence-corrected chi connectivity index (χ2v) is 7.51. The van der Waals surface area contributed by atoms with Crippen LogP contribution in [0.1, 0.15) is 25.8 Å². The van der Waals surface area contributed by atoms with Crippen molar-refractivity contribution in [2.24, 2.45) is 0 Å². The number of hydrogen-bond acceptors (Lipinski definition) is 3. The molecule has 2 rings (SSSR count). The average molecular weight is 362 g/mol. The van der Waals surface area contributed by atoms with Crippen molar-refractivity contribution in [2.45, 2.75) is 42.6 Å². The van der Waals surface area contributed by atoms with Crippen molar-refractivity contribution in [3.8, 4) is 0 Å². The second kappa shape index (κ2) is 6.56. The van der Waals surface area contributed by atoms with Gasteiger partial charge in [-0.2, -0.15) is 4.31 Å². The van der Waals surface area contributed by atoms with Gasteiger partial charge in [-0.05, 0) is 31.0 Å². The standard InChI is InChI=1S/C14H20BrNO3S/c1-3-13-10-19-11(2)9-16(13)20(17,18)14-6-4-12(8-15)5-7-14/h4-7,11,13H,3,8-10H2,1-2H3. The number of morpholine rings is 1. The van der Waals surface area contributed by atoms with E-state index < -0.39 is 10.0 Å². The lowest BCUT2D eigenvalue weighted by molar-refractivity contribution is -0.0230. The fraction of sp³-hybridized carbons (Fsp3) is 0.571. The number of rotatable bonds is 4. The zero-order valence-electron chi connectivity index (χ0n) is 11.8. The van der Waals surface area contributed by atoms with Crippen molar-refractivity contribution in [1.29, 1.82) is 0 Å². The van der Waals surface area contributed by atoms with E-state index in [2.05, 4.69) is 15.9 Å². The minimum Gasteiger partial charge on any atom is -0.375 e. The number of hydrogen-bond donors (Lipinski definition) is 0. The van der Waals surface area contributed by atoms with E-state index in [1.165, 1.54) is 0 Å². The van der Waals surface area contributed by atoms with Gasteiger partial charge in [-0.25, -0.2) is 8.42 Å². The smallest absolute Gasteiger partial charge is 0.243 e. The summed E-state index contributed by atoms with van der Waals surface area (Å²) in [6.07, 6.45) is 0.695. The monoisotopic (exact) mass is 361 g/mol. The van der Waals surface area contributed by atoms with Crippen molar-refractivity contribution in [1.82, 2.24) is 4.31 Å². The summed E-state index contributed by atoms with van der Waals surface area (Å²) in [5.41, 5.74) is 1.06. The quantitative estimate of drug-likeness (QED) is 0.774. The van der Waals surface area contributed by atoms with Crippen molar-refractivity contribution >= 4 is 26.0 Å². The molecule has 1 aliphatic rings. The van der Waals surface area contributed by atoms with Crippen LogP contribution in [-0.4, -0.2) is 38.0 Å². The van der Waals surface area contributed by atoms with E-state index in [4.69, 9.17) is 4.74 Å². The molecule has 2 unspecified atom stereocenters. The summed E-state index contributed by atoms with van der Waals surface area (Å²) in [6.45, 7) is 4.78. The molecular formula is C14H20BrNO3S. The van der Waals surface area contributed by atoms with Gasteiger partial charge < -0.3 is 4.74 Å². The van der Waals surface area contributed by atoms with Gasteiger partial charge in [0.1, 0.15) is 0 Å². The van der Waals surface area contributed by atoms with Gasteiger partial charge in [-0.3, -0.25) is 0 Å². The third-order valence-electron chi connectivity index (χ3n) is 3.57. The maximum absolute atomic E-state index is 12.8. The number of benzene rings is 1. The summed E-state index contributed by atoms with van der Waals surface area (Å²) in [5, 5.41) is 0.722. The van der Waals surface area contributed by atoms with Gasteiger partial charge in [0, 0.05) is 17.9 Å². The first-order valence-corrected chi connectivity index (χ1v) is 9.33. The molecule has 4 nitrogen and oxygen atoms in total. The Morgan fingerprint density at radius 1 is 1.35 bits per heavy atom. The number of alkyl halides is 1. The van der Waals surface area contributed by atoms with Crippen LogP contribution in [0.15, 0.2) is 29.2 Å². The first kappa shape index (κ1) is 15.9. The Morgan fingerprint density at radius 3 is 2.55 bits per heavy atom. The lowest BCUT2D eigenvalue weighted by atomic mass is 10.2. The lowest BCUT2D eigenvalue weighted by Crippen LogP contribution is -2.51. The van der Waals surface area contributed by atoms with Gasteiger partial charge >= 0.3 is 0 Å². The summed E-state index contributed by atoms with van der Waals surface area (Å²) in [5.74, 6) is 0. The normalized spacial score (nSPS) is 24.8. The van der Waals surface area contributed by atoms with Crippen LogP contribution in [0.4, 0.5) is 0 Å². The van der Waals surface area contributed by atoms with E-state index in [1.54, 1.807) is 16.4 Å². The molecule has 1 aliphatic heterocycles. The number of halogens is 1. The van der Waals surface area contributed by atoms with Crippen LogP contribution >= 0.6 is 15.9 Å². The van der Waals surface area contributed by atoms with E-state index in [-0.39, 0.29) is 12.1 Å². The van der Waals surface area contributed by atoms with Gasteiger partial charge in [0.2, 0.25) is 10.0 Å². The molecule has 0 bridgehead atoms. The molecule has 1 aromatic rings. The van der Waals surface area contributed by atoms with E-state index in [1.807, 2.05) is 26.0 Å². The van der Waals surface area contributed by atoms with Gasteiger partial charge in [0.25, 0.3) is 0 Å². The van der Waals surface area contributed by atoms with Gasteiger partial charge in [-0.1, -0.05) is 35.0 Å². The predicted molar refractivity (Wildman–Crippen MR) is 82.5 cm³/mol. The first-order valence-electron chi connectivity index (χ1n) is 6.77. The summed E-state index contributed by atoms with van der Waals surface area (Å²) >= 11 is 3.36. The number of nitrogens with zero attached hydrogens (tertiary/aromatic N) is 1. The van der Waals surface area contributed by atoms with Crippen molar-refractivity contribution in [3.05, 3.63) is 29.8 Å². The van der Waals surface area contributed by atoms with Crippen LogP contribution in [0.25, 0.3) is 0 Å². The van der Waals surface area contributed by atoms with E-state index in [9.17, 15) is 8.42 Å². The zero-order chi connectivity index (χ0) is 14.8. The van der Waals surface area contributed by atoms with Crippen molar-refractivity contribution < 1.29 is 13.2 Å². The molecule has 112 valence electrons. The fourth-order valence-corrected chi connectivity index (χ4v) is 4.45. The van der Waals surface area contributed by atoms with Crippen LogP contribution in [0.2, 0.25) is 0 Å². The molecule has 0 saturated carbocycles. The summed E-state index contributed by atoms with van der Waals surface area (Å²) in [7, 11) is -3.44. The Morgan fingerprint density at radius 2 is 2.00 bits per heavy atom. The third kappa shape index (κ3) is 3.24. The first-order chi connectivity index (χ1) is 9.48. The Kier molecular flexibility index (Phi) is 5.23. The minimum absolute atomic E-state index is 0.0607. The molecule has 1 aromatic carbocycles. The molecular weight excluding hydrogens is 342 g/mol. The summed E-state index contributed by atoms with van der Waals surface area (Å²) in [6, 6.07) is 6.96. The highest BCUT2D eigenvalue weighted by atomic mass is 79.9. The van der Waals surface area contributed by atoms with Gasteiger partial charge in [-0.15, -0.1) is 0 Å². The third-order valence-corrected chi connectivity index (χ3v) is 6.15. The molecule has 0 N–H and O–H groups in total. The van der Waals surface area contributed by atoms with Crippen LogP contribution in [-0.2, 0) is 20.1 Å². The molecule has 1 heterocycles. The summed E-state index contributed by atoms with van der Waals surface area (Å²) < 4.78 is 32.7. The molecule has 0 radical (unpaired) electrons. The average Bonchev–Trinajstić information content (AvgIpc) is 2.47. The SMILES string of the molecule is CCC1COC(C)CN1S(=O)(=O)c1ccc(CBr)cc1. The molecule has 2 atom stereocenters. The molecule has 1 fully saturated rings. The Labute approximate surface area is 129 Å². The van der Waals surface area contributed by atoms with E-state index in [0.29, 0.717) is 18.0 Å². The van der Waals surface area contributed by atoms with Crippen LogP contribution < -0.4 is 0 Å². The van der Waals surface area contributed by atoms with Crippen LogP contribution in [0, 0.1) is 0 Å². The molecule has 0 aromatic heterocycles. The fourth-order valence-electron chi connectivity index (χ4n) is 2.32. The number of sulfonamides is 1. The molecule has 0 aliphatic carbocycles. The van der Waals surface area contributed by atoms with E-state index in [0.717, 1.165) is 17.3 Å². The molecule has 1 saturated heterocycles. The highest BCUT2D eigenvalue weighted by molar-refractivity contribution is 9.08. The van der Waals surface area contributed by atoms with E-state index >= 15 is 0 Å². The van der Waals surface area contributed by atoms with Gasteiger partial charge in [0.05, 0.1) is 17.6 Å². The minimum atomic E-state index is -3.44. The zero-order valence-corrected chi connectivity index (χ0v) is 14.2. The predicted octanol–water partition coefficient (Wildman–Crippen LogP) is 2.77.